The Morgan fingerprint density at radius 2 is 1.73 bits per heavy atom. The van der Waals surface area contributed by atoms with Gasteiger partial charge in [-0.1, -0.05) is 35.9 Å². The number of halogens is 1. The minimum atomic E-state index is 0.0813. The molecule has 0 aliphatic heterocycles. The molecule has 1 fully saturated rings. The Bertz CT molecular complexity index is 810. The van der Waals surface area contributed by atoms with Crippen LogP contribution in [-0.2, 0) is 12.1 Å². The number of rotatable bonds is 4. The van der Waals surface area contributed by atoms with Crippen molar-refractivity contribution in [1.82, 2.24) is 15.3 Å². The lowest BCUT2D eigenvalue weighted by molar-refractivity contribution is 0.513. The van der Waals surface area contributed by atoms with Gasteiger partial charge in [-0.05, 0) is 42.7 Å². The van der Waals surface area contributed by atoms with E-state index in [1.807, 2.05) is 42.6 Å². The highest BCUT2D eigenvalue weighted by molar-refractivity contribution is 6.30. The van der Waals surface area contributed by atoms with E-state index in [0.717, 1.165) is 41.1 Å². The third-order valence-electron chi connectivity index (χ3n) is 4.25. The third kappa shape index (κ3) is 2.58. The zero-order chi connectivity index (χ0) is 15.0. The van der Waals surface area contributed by atoms with Crippen LogP contribution < -0.4 is 5.32 Å². The van der Waals surface area contributed by atoms with Gasteiger partial charge in [0.1, 0.15) is 0 Å². The van der Waals surface area contributed by atoms with Crippen molar-refractivity contribution in [3.63, 3.8) is 0 Å². The van der Waals surface area contributed by atoms with Crippen molar-refractivity contribution in [1.29, 1.82) is 0 Å². The van der Waals surface area contributed by atoms with Gasteiger partial charge < -0.3 is 5.32 Å². The summed E-state index contributed by atoms with van der Waals surface area (Å²) in [5, 5.41) is 4.42. The van der Waals surface area contributed by atoms with Crippen LogP contribution in [0, 0.1) is 0 Å². The Morgan fingerprint density at radius 3 is 2.45 bits per heavy atom. The standard InChI is InChI=1S/C18H16ClN3/c19-14-7-5-13(6-8-14)18(9-10-18)21-12-15-11-20-16-3-1-2-4-17(16)22-15/h1-8,11,21H,9-10,12H2. The van der Waals surface area contributed by atoms with E-state index in [-0.39, 0.29) is 5.54 Å². The number of benzene rings is 2. The molecule has 22 heavy (non-hydrogen) atoms. The van der Waals surface area contributed by atoms with Gasteiger partial charge in [0, 0.05) is 17.1 Å². The number of aromatic nitrogens is 2. The second-order valence-corrected chi connectivity index (χ2v) is 6.23. The average Bonchev–Trinajstić information content (AvgIpc) is 3.34. The highest BCUT2D eigenvalue weighted by Crippen LogP contribution is 2.45. The topological polar surface area (TPSA) is 37.8 Å². The maximum absolute atomic E-state index is 5.97. The van der Waals surface area contributed by atoms with Crippen LogP contribution in [0.15, 0.2) is 54.7 Å². The highest BCUT2D eigenvalue weighted by atomic mass is 35.5. The Morgan fingerprint density at radius 1 is 1.00 bits per heavy atom. The minimum absolute atomic E-state index is 0.0813. The summed E-state index contributed by atoms with van der Waals surface area (Å²) in [4.78, 5) is 9.13. The molecule has 3 aromatic rings. The molecule has 1 saturated carbocycles. The molecular weight excluding hydrogens is 294 g/mol. The lowest BCUT2D eigenvalue weighted by atomic mass is 10.1. The van der Waals surface area contributed by atoms with Gasteiger partial charge >= 0.3 is 0 Å². The van der Waals surface area contributed by atoms with Gasteiger partial charge in [0.05, 0.1) is 22.9 Å². The molecule has 0 unspecified atom stereocenters. The van der Waals surface area contributed by atoms with E-state index in [9.17, 15) is 0 Å². The summed E-state index contributed by atoms with van der Waals surface area (Å²) in [6, 6.07) is 16.1. The molecular formula is C18H16ClN3. The Hall–Kier alpha value is -1.97. The van der Waals surface area contributed by atoms with Gasteiger partial charge in [0.2, 0.25) is 0 Å². The fraction of sp³-hybridized carbons (Fsp3) is 0.222. The van der Waals surface area contributed by atoms with Crippen LogP contribution in [0.4, 0.5) is 0 Å². The number of hydrogen-bond acceptors (Lipinski definition) is 3. The predicted octanol–water partition coefficient (Wildman–Crippen LogP) is 4.06. The van der Waals surface area contributed by atoms with Crippen molar-refractivity contribution >= 4 is 22.6 Å². The summed E-state index contributed by atoms with van der Waals surface area (Å²) in [6.45, 7) is 0.723. The van der Waals surface area contributed by atoms with Crippen molar-refractivity contribution in [2.45, 2.75) is 24.9 Å². The lowest BCUT2D eigenvalue weighted by Gasteiger charge is -2.18. The molecule has 0 radical (unpaired) electrons. The van der Waals surface area contributed by atoms with Crippen molar-refractivity contribution in [2.75, 3.05) is 0 Å². The zero-order valence-electron chi connectivity index (χ0n) is 12.1. The molecule has 0 saturated heterocycles. The van der Waals surface area contributed by atoms with E-state index in [1.165, 1.54) is 5.56 Å². The molecule has 0 spiro atoms. The molecule has 110 valence electrons. The van der Waals surface area contributed by atoms with Crippen molar-refractivity contribution in [3.05, 3.63) is 71.0 Å². The first-order valence-corrected chi connectivity index (χ1v) is 7.85. The summed E-state index contributed by atoms with van der Waals surface area (Å²) in [6.07, 6.45) is 4.15. The fourth-order valence-electron chi connectivity index (χ4n) is 2.80. The number of hydrogen-bond donors (Lipinski definition) is 1. The molecule has 4 heteroatoms. The van der Waals surface area contributed by atoms with E-state index in [2.05, 4.69) is 27.4 Å². The number of fused-ring (bicyclic) bond motifs is 1. The summed E-state index contributed by atoms with van der Waals surface area (Å²) < 4.78 is 0. The van der Waals surface area contributed by atoms with Crippen molar-refractivity contribution in [2.24, 2.45) is 0 Å². The summed E-state index contributed by atoms with van der Waals surface area (Å²) in [5.74, 6) is 0. The monoisotopic (exact) mass is 309 g/mol. The molecule has 0 amide bonds. The van der Waals surface area contributed by atoms with E-state index >= 15 is 0 Å². The zero-order valence-corrected chi connectivity index (χ0v) is 12.8. The Kier molecular flexibility index (Phi) is 3.32. The third-order valence-corrected chi connectivity index (χ3v) is 4.51. The molecule has 1 aromatic heterocycles. The number of para-hydroxylation sites is 2. The highest BCUT2D eigenvalue weighted by Gasteiger charge is 2.43. The minimum Gasteiger partial charge on any atom is -0.302 e. The van der Waals surface area contributed by atoms with Crippen LogP contribution in [0.2, 0.25) is 5.02 Å². The number of nitrogens with one attached hydrogen (secondary N) is 1. The molecule has 3 nitrogen and oxygen atoms in total. The molecule has 1 aliphatic rings. The van der Waals surface area contributed by atoms with Gasteiger partial charge in [0.25, 0.3) is 0 Å². The maximum Gasteiger partial charge on any atom is 0.0890 e. The molecule has 0 bridgehead atoms. The Balaban J connectivity index is 1.52. The van der Waals surface area contributed by atoms with Crippen LogP contribution >= 0.6 is 11.6 Å². The fourth-order valence-corrected chi connectivity index (χ4v) is 2.93. The van der Waals surface area contributed by atoms with Gasteiger partial charge in [-0.15, -0.1) is 0 Å². The molecule has 1 aliphatic carbocycles. The molecule has 2 aromatic carbocycles. The molecule has 0 atom stereocenters. The van der Waals surface area contributed by atoms with Crippen LogP contribution in [0.1, 0.15) is 24.1 Å². The molecule has 4 rings (SSSR count). The first-order chi connectivity index (χ1) is 10.8. The largest absolute Gasteiger partial charge is 0.302 e. The first kappa shape index (κ1) is 13.7. The normalized spacial score (nSPS) is 15.9. The first-order valence-electron chi connectivity index (χ1n) is 7.47. The maximum atomic E-state index is 5.97. The van der Waals surface area contributed by atoms with E-state index < -0.39 is 0 Å². The second kappa shape index (κ2) is 5.34. The van der Waals surface area contributed by atoms with E-state index in [1.54, 1.807) is 0 Å². The van der Waals surface area contributed by atoms with Crippen LogP contribution in [-0.4, -0.2) is 9.97 Å². The van der Waals surface area contributed by atoms with Crippen LogP contribution in [0.25, 0.3) is 11.0 Å². The number of nitrogens with zero attached hydrogens (tertiary/aromatic N) is 2. The van der Waals surface area contributed by atoms with Crippen molar-refractivity contribution in [3.8, 4) is 0 Å². The van der Waals surface area contributed by atoms with Gasteiger partial charge in [-0.3, -0.25) is 4.98 Å². The lowest BCUT2D eigenvalue weighted by Crippen LogP contribution is -2.28. The summed E-state index contributed by atoms with van der Waals surface area (Å²) >= 11 is 5.97. The van der Waals surface area contributed by atoms with E-state index in [4.69, 9.17) is 11.6 Å². The van der Waals surface area contributed by atoms with Gasteiger partial charge in [-0.25, -0.2) is 4.98 Å². The van der Waals surface area contributed by atoms with Crippen LogP contribution in [0.5, 0.6) is 0 Å². The van der Waals surface area contributed by atoms with Gasteiger partial charge in [-0.2, -0.15) is 0 Å². The van der Waals surface area contributed by atoms with Gasteiger partial charge in [0.15, 0.2) is 0 Å². The average molecular weight is 310 g/mol. The Labute approximate surface area is 134 Å². The summed E-state index contributed by atoms with van der Waals surface area (Å²) in [7, 11) is 0. The predicted molar refractivity (Wildman–Crippen MR) is 88.7 cm³/mol. The SMILES string of the molecule is Clc1ccc(C2(NCc3cnc4ccccc4n3)CC2)cc1. The molecule has 1 N–H and O–H groups in total. The van der Waals surface area contributed by atoms with Crippen molar-refractivity contribution < 1.29 is 0 Å². The molecule has 1 heterocycles. The smallest absolute Gasteiger partial charge is 0.0890 e. The van der Waals surface area contributed by atoms with Crippen LogP contribution in [0.3, 0.4) is 0 Å². The second-order valence-electron chi connectivity index (χ2n) is 5.79. The summed E-state index contributed by atoms with van der Waals surface area (Å²) in [5.41, 5.74) is 4.23. The van der Waals surface area contributed by atoms with E-state index in [0.29, 0.717) is 0 Å². The quantitative estimate of drug-likeness (QED) is 0.789.